The molecular weight excluding hydrogens is 216 g/mol. The molecule has 0 aromatic heterocycles. The Morgan fingerprint density at radius 3 is 2.24 bits per heavy atom. The van der Waals surface area contributed by atoms with Crippen LogP contribution in [0.2, 0.25) is 0 Å². The predicted octanol–water partition coefficient (Wildman–Crippen LogP) is 1.65. The molecule has 0 saturated heterocycles. The molecule has 4 heteroatoms. The van der Waals surface area contributed by atoms with Crippen molar-refractivity contribution in [3.63, 3.8) is 0 Å². The first-order chi connectivity index (χ1) is 7.73. The van der Waals surface area contributed by atoms with Crippen molar-refractivity contribution >= 4 is 5.97 Å². The lowest BCUT2D eigenvalue weighted by molar-refractivity contribution is -0.148. The van der Waals surface area contributed by atoms with E-state index in [4.69, 9.17) is 4.74 Å². The number of likely N-dealkylation sites (N-methyl/N-ethyl adjacent to an activating group) is 1. The SMILES string of the molecule is CCC(C)(C)N(C)CCC(C)(NC)C(=O)OC. The van der Waals surface area contributed by atoms with E-state index in [0.29, 0.717) is 0 Å². The lowest BCUT2D eigenvalue weighted by Gasteiger charge is -2.37. The van der Waals surface area contributed by atoms with Crippen molar-refractivity contribution in [1.29, 1.82) is 0 Å². The first-order valence-electron chi connectivity index (χ1n) is 6.22. The minimum Gasteiger partial charge on any atom is -0.468 e. The number of carbonyl (C=O) groups is 1. The first-order valence-corrected chi connectivity index (χ1v) is 6.22. The second-order valence-electron chi connectivity index (χ2n) is 5.41. The first kappa shape index (κ1) is 16.4. The Bertz CT molecular complexity index is 254. The maximum absolute atomic E-state index is 11.7. The molecule has 4 nitrogen and oxygen atoms in total. The van der Waals surface area contributed by atoms with E-state index in [2.05, 4.69) is 38.0 Å². The minimum absolute atomic E-state index is 0.158. The van der Waals surface area contributed by atoms with Crippen LogP contribution in [0, 0.1) is 0 Å². The average Bonchev–Trinajstić information content (AvgIpc) is 2.34. The Hall–Kier alpha value is -0.610. The van der Waals surface area contributed by atoms with Gasteiger partial charge in [-0.3, -0.25) is 4.79 Å². The third-order valence-electron chi connectivity index (χ3n) is 4.03. The van der Waals surface area contributed by atoms with Crippen LogP contribution in [0.3, 0.4) is 0 Å². The maximum Gasteiger partial charge on any atom is 0.325 e. The number of hydrogen-bond acceptors (Lipinski definition) is 4. The number of hydrogen-bond donors (Lipinski definition) is 1. The standard InChI is InChI=1S/C13H28N2O2/c1-8-12(2,3)15(6)10-9-13(4,14-5)11(16)17-7/h14H,8-10H2,1-7H3. The van der Waals surface area contributed by atoms with Gasteiger partial charge in [-0.25, -0.2) is 0 Å². The molecule has 0 rings (SSSR count). The summed E-state index contributed by atoms with van der Waals surface area (Å²) in [6.07, 6.45) is 1.81. The molecule has 0 aromatic rings. The average molecular weight is 244 g/mol. The minimum atomic E-state index is -0.604. The molecule has 0 aliphatic carbocycles. The van der Waals surface area contributed by atoms with Gasteiger partial charge in [-0.15, -0.1) is 0 Å². The largest absolute Gasteiger partial charge is 0.468 e. The summed E-state index contributed by atoms with van der Waals surface area (Å²) in [5, 5.41) is 3.05. The lowest BCUT2D eigenvalue weighted by Crippen LogP contribution is -2.51. The van der Waals surface area contributed by atoms with Gasteiger partial charge in [-0.05, 0) is 47.7 Å². The number of nitrogens with zero attached hydrogens (tertiary/aromatic N) is 1. The normalized spacial score (nSPS) is 15.8. The van der Waals surface area contributed by atoms with Crippen molar-refractivity contribution in [1.82, 2.24) is 10.2 Å². The van der Waals surface area contributed by atoms with Crippen molar-refractivity contribution in [2.45, 2.75) is 51.6 Å². The Balaban J connectivity index is 4.48. The van der Waals surface area contributed by atoms with Gasteiger partial charge in [0.25, 0.3) is 0 Å². The van der Waals surface area contributed by atoms with Crippen LogP contribution in [-0.4, -0.2) is 49.7 Å². The molecular formula is C13H28N2O2. The Morgan fingerprint density at radius 1 is 1.35 bits per heavy atom. The van der Waals surface area contributed by atoms with Gasteiger partial charge in [-0.1, -0.05) is 6.92 Å². The predicted molar refractivity (Wildman–Crippen MR) is 71.1 cm³/mol. The zero-order chi connectivity index (χ0) is 13.7. The van der Waals surface area contributed by atoms with Crippen molar-refractivity contribution in [3.05, 3.63) is 0 Å². The highest BCUT2D eigenvalue weighted by Gasteiger charge is 2.33. The van der Waals surface area contributed by atoms with E-state index in [0.717, 1.165) is 19.4 Å². The molecule has 0 heterocycles. The number of carbonyl (C=O) groups excluding carboxylic acids is 1. The van der Waals surface area contributed by atoms with Gasteiger partial charge in [0, 0.05) is 12.1 Å². The van der Waals surface area contributed by atoms with Crippen LogP contribution in [-0.2, 0) is 9.53 Å². The summed E-state index contributed by atoms with van der Waals surface area (Å²) < 4.78 is 4.83. The van der Waals surface area contributed by atoms with Gasteiger partial charge in [0.1, 0.15) is 5.54 Å². The Morgan fingerprint density at radius 2 is 1.88 bits per heavy atom. The number of rotatable bonds is 7. The van der Waals surface area contributed by atoms with E-state index >= 15 is 0 Å². The third kappa shape index (κ3) is 4.28. The zero-order valence-electron chi connectivity index (χ0n) is 12.4. The second kappa shape index (κ2) is 6.36. The van der Waals surface area contributed by atoms with E-state index in [9.17, 15) is 4.79 Å². The molecule has 0 radical (unpaired) electrons. The van der Waals surface area contributed by atoms with E-state index in [-0.39, 0.29) is 11.5 Å². The highest BCUT2D eigenvalue weighted by Crippen LogP contribution is 2.19. The lowest BCUT2D eigenvalue weighted by atomic mass is 9.95. The van der Waals surface area contributed by atoms with Crippen molar-refractivity contribution in [3.8, 4) is 0 Å². The summed E-state index contributed by atoms with van der Waals surface area (Å²) in [4.78, 5) is 14.0. The fraction of sp³-hybridized carbons (Fsp3) is 0.923. The molecule has 1 unspecified atom stereocenters. The molecule has 17 heavy (non-hydrogen) atoms. The van der Waals surface area contributed by atoms with Gasteiger partial charge < -0.3 is 15.0 Å². The molecule has 0 aromatic carbocycles. The zero-order valence-corrected chi connectivity index (χ0v) is 12.4. The van der Waals surface area contributed by atoms with E-state index in [1.54, 1.807) is 7.05 Å². The highest BCUT2D eigenvalue weighted by molar-refractivity contribution is 5.80. The summed E-state index contributed by atoms with van der Waals surface area (Å²) >= 11 is 0. The van der Waals surface area contributed by atoms with Crippen LogP contribution in [0.25, 0.3) is 0 Å². The molecule has 0 saturated carbocycles. The third-order valence-corrected chi connectivity index (χ3v) is 4.03. The van der Waals surface area contributed by atoms with Crippen molar-refractivity contribution in [2.75, 3.05) is 27.7 Å². The van der Waals surface area contributed by atoms with Gasteiger partial charge in [0.15, 0.2) is 0 Å². The molecule has 0 spiro atoms. The summed E-state index contributed by atoms with van der Waals surface area (Å²) in [6, 6.07) is 0. The molecule has 0 bridgehead atoms. The van der Waals surface area contributed by atoms with E-state index in [1.165, 1.54) is 7.11 Å². The van der Waals surface area contributed by atoms with Gasteiger partial charge in [-0.2, -0.15) is 0 Å². The summed E-state index contributed by atoms with van der Waals surface area (Å²) in [5.74, 6) is -0.206. The van der Waals surface area contributed by atoms with Gasteiger partial charge in [0.2, 0.25) is 0 Å². The number of esters is 1. The fourth-order valence-corrected chi connectivity index (χ4v) is 1.52. The number of ether oxygens (including phenoxy) is 1. The summed E-state index contributed by atoms with van der Waals surface area (Å²) in [6.45, 7) is 9.33. The molecule has 1 N–H and O–H groups in total. The second-order valence-corrected chi connectivity index (χ2v) is 5.41. The Kier molecular flexibility index (Phi) is 6.13. The van der Waals surface area contributed by atoms with Crippen molar-refractivity contribution < 1.29 is 9.53 Å². The van der Waals surface area contributed by atoms with Crippen LogP contribution < -0.4 is 5.32 Å². The summed E-state index contributed by atoms with van der Waals surface area (Å²) in [7, 11) is 5.32. The van der Waals surface area contributed by atoms with Crippen LogP contribution in [0.15, 0.2) is 0 Å². The Labute approximate surface area is 106 Å². The molecule has 0 amide bonds. The van der Waals surface area contributed by atoms with Gasteiger partial charge in [0.05, 0.1) is 7.11 Å². The quantitative estimate of drug-likeness (QED) is 0.691. The summed E-state index contributed by atoms with van der Waals surface area (Å²) in [5.41, 5.74) is -0.447. The molecule has 0 fully saturated rings. The number of nitrogens with one attached hydrogen (secondary N) is 1. The molecule has 0 aliphatic heterocycles. The smallest absolute Gasteiger partial charge is 0.325 e. The van der Waals surface area contributed by atoms with Gasteiger partial charge >= 0.3 is 5.97 Å². The van der Waals surface area contributed by atoms with E-state index in [1.807, 2.05) is 6.92 Å². The van der Waals surface area contributed by atoms with Crippen LogP contribution in [0.1, 0.15) is 40.5 Å². The fourth-order valence-electron chi connectivity index (χ4n) is 1.52. The highest BCUT2D eigenvalue weighted by atomic mass is 16.5. The van der Waals surface area contributed by atoms with Crippen LogP contribution >= 0.6 is 0 Å². The molecule has 0 aliphatic rings. The van der Waals surface area contributed by atoms with Crippen LogP contribution in [0.4, 0.5) is 0 Å². The maximum atomic E-state index is 11.7. The topological polar surface area (TPSA) is 41.6 Å². The van der Waals surface area contributed by atoms with Crippen LogP contribution in [0.5, 0.6) is 0 Å². The molecule has 1 atom stereocenters. The van der Waals surface area contributed by atoms with E-state index < -0.39 is 5.54 Å². The van der Waals surface area contributed by atoms with Crippen molar-refractivity contribution in [2.24, 2.45) is 0 Å². The monoisotopic (exact) mass is 244 g/mol. The number of methoxy groups -OCH3 is 1. The molecule has 102 valence electrons.